The molecule has 2 heterocycles. The third-order valence-electron chi connectivity index (χ3n) is 6.31. The highest BCUT2D eigenvalue weighted by atomic mass is 79.9. The standard InChI is InChI=1S/C31H23BrN4O2S2/c1-21-12-18-26(19-13-21)36-31(40-29(34-36)28(37)33-24-8-4-2-5-9-24)35(25-10-6-3-7-11-25)30(38)27(39-31)20-22-14-16-23(32)17-15-22/h2-20H,1H3,(H,33,37)/b27-20+. The Bertz CT molecular complexity index is 1630. The number of anilines is 3. The topological polar surface area (TPSA) is 65.0 Å². The Labute approximate surface area is 249 Å². The Morgan fingerprint density at radius 1 is 0.850 bits per heavy atom. The molecule has 2 amide bonds. The molecule has 40 heavy (non-hydrogen) atoms. The molecule has 198 valence electrons. The number of hydrogen-bond donors (Lipinski definition) is 1. The van der Waals surface area contributed by atoms with Gasteiger partial charge in [0.1, 0.15) is 0 Å². The number of amides is 2. The first-order valence-corrected chi connectivity index (χ1v) is 14.9. The number of carbonyl (C=O) groups is 2. The van der Waals surface area contributed by atoms with E-state index in [-0.39, 0.29) is 16.9 Å². The van der Waals surface area contributed by atoms with E-state index < -0.39 is 4.33 Å². The van der Waals surface area contributed by atoms with Gasteiger partial charge >= 0.3 is 0 Å². The minimum atomic E-state index is -1.10. The Balaban J connectivity index is 1.47. The molecule has 1 unspecified atom stereocenters. The molecule has 4 aromatic rings. The number of hydrogen-bond acceptors (Lipinski definition) is 6. The summed E-state index contributed by atoms with van der Waals surface area (Å²) >= 11 is 6.12. The molecule has 0 bridgehead atoms. The van der Waals surface area contributed by atoms with Crippen molar-refractivity contribution in [2.75, 3.05) is 15.2 Å². The molecule has 0 radical (unpaired) electrons. The zero-order valence-corrected chi connectivity index (χ0v) is 24.5. The van der Waals surface area contributed by atoms with Gasteiger partial charge in [-0.05, 0) is 78.9 Å². The zero-order chi connectivity index (χ0) is 27.7. The van der Waals surface area contributed by atoms with Gasteiger partial charge in [0, 0.05) is 15.8 Å². The summed E-state index contributed by atoms with van der Waals surface area (Å²) in [5.74, 6) is -0.500. The molecule has 0 aromatic heterocycles. The van der Waals surface area contributed by atoms with Crippen LogP contribution in [-0.4, -0.2) is 21.2 Å². The molecule has 1 N–H and O–H groups in total. The minimum absolute atomic E-state index is 0.163. The molecule has 0 saturated carbocycles. The van der Waals surface area contributed by atoms with E-state index in [9.17, 15) is 9.59 Å². The Kier molecular flexibility index (Phi) is 7.27. The van der Waals surface area contributed by atoms with Crippen molar-refractivity contribution in [3.05, 3.63) is 130 Å². The number of para-hydroxylation sites is 2. The number of nitrogens with zero attached hydrogens (tertiary/aromatic N) is 3. The fraction of sp³-hybridized carbons (Fsp3) is 0.0645. The van der Waals surface area contributed by atoms with Crippen LogP contribution in [0.5, 0.6) is 0 Å². The van der Waals surface area contributed by atoms with Crippen LogP contribution in [0, 0.1) is 6.92 Å². The van der Waals surface area contributed by atoms with E-state index in [0.717, 1.165) is 21.3 Å². The molecular weight excluding hydrogens is 604 g/mol. The van der Waals surface area contributed by atoms with Gasteiger partial charge < -0.3 is 5.32 Å². The summed E-state index contributed by atoms with van der Waals surface area (Å²) in [7, 11) is 0. The van der Waals surface area contributed by atoms with E-state index in [1.807, 2.05) is 122 Å². The normalized spacial score (nSPS) is 19.4. The molecule has 0 aliphatic carbocycles. The summed E-state index contributed by atoms with van der Waals surface area (Å²) in [5.41, 5.74) is 4.15. The van der Waals surface area contributed by atoms with Gasteiger partial charge in [0.05, 0.1) is 10.6 Å². The summed E-state index contributed by atoms with van der Waals surface area (Å²) in [5, 5.41) is 9.83. The Hall–Kier alpha value is -3.79. The second-order valence-electron chi connectivity index (χ2n) is 9.16. The van der Waals surface area contributed by atoms with E-state index in [2.05, 4.69) is 21.2 Å². The van der Waals surface area contributed by atoms with Gasteiger partial charge in [-0.15, -0.1) is 0 Å². The van der Waals surface area contributed by atoms with Crippen LogP contribution in [0.15, 0.2) is 124 Å². The van der Waals surface area contributed by atoms with Gasteiger partial charge in [-0.1, -0.05) is 93.9 Å². The average Bonchev–Trinajstić information content (AvgIpc) is 3.48. The first-order valence-electron chi connectivity index (χ1n) is 12.5. The molecule has 2 aliphatic rings. The maximum absolute atomic E-state index is 14.2. The van der Waals surface area contributed by atoms with Gasteiger partial charge in [0.2, 0.25) is 4.33 Å². The number of hydrazone groups is 1. The highest BCUT2D eigenvalue weighted by Crippen LogP contribution is 2.59. The highest BCUT2D eigenvalue weighted by molar-refractivity contribution is 9.10. The second kappa shape index (κ2) is 11.0. The van der Waals surface area contributed by atoms with E-state index in [1.54, 1.807) is 9.91 Å². The maximum atomic E-state index is 14.2. The van der Waals surface area contributed by atoms with Crippen molar-refractivity contribution in [1.29, 1.82) is 0 Å². The summed E-state index contributed by atoms with van der Waals surface area (Å²) < 4.78 is -0.139. The monoisotopic (exact) mass is 626 g/mol. The molecule has 2 aliphatic heterocycles. The first-order chi connectivity index (χ1) is 19.4. The van der Waals surface area contributed by atoms with E-state index in [4.69, 9.17) is 5.10 Å². The molecule has 4 aromatic carbocycles. The lowest BCUT2D eigenvalue weighted by molar-refractivity contribution is -0.114. The molecule has 1 spiro atoms. The van der Waals surface area contributed by atoms with Crippen LogP contribution in [-0.2, 0) is 9.59 Å². The lowest BCUT2D eigenvalue weighted by Crippen LogP contribution is -2.51. The summed E-state index contributed by atoms with van der Waals surface area (Å²) in [6.45, 7) is 2.02. The van der Waals surface area contributed by atoms with Crippen molar-refractivity contribution in [2.24, 2.45) is 5.10 Å². The maximum Gasteiger partial charge on any atom is 0.282 e. The van der Waals surface area contributed by atoms with Crippen molar-refractivity contribution in [2.45, 2.75) is 11.3 Å². The lowest BCUT2D eigenvalue weighted by atomic mass is 10.2. The lowest BCUT2D eigenvalue weighted by Gasteiger charge is -2.38. The van der Waals surface area contributed by atoms with Crippen LogP contribution in [0.1, 0.15) is 11.1 Å². The number of halogens is 1. The van der Waals surface area contributed by atoms with Crippen molar-refractivity contribution in [1.82, 2.24) is 0 Å². The van der Waals surface area contributed by atoms with Gasteiger partial charge in [0.15, 0.2) is 5.04 Å². The van der Waals surface area contributed by atoms with Crippen LogP contribution in [0.2, 0.25) is 0 Å². The van der Waals surface area contributed by atoms with E-state index in [0.29, 0.717) is 16.3 Å². The number of rotatable bonds is 5. The molecule has 6 rings (SSSR count). The molecule has 1 atom stereocenters. The predicted octanol–water partition coefficient (Wildman–Crippen LogP) is 7.70. The van der Waals surface area contributed by atoms with Crippen molar-refractivity contribution in [3.8, 4) is 0 Å². The quantitative estimate of drug-likeness (QED) is 0.230. The van der Waals surface area contributed by atoms with Crippen LogP contribution in [0.3, 0.4) is 0 Å². The number of aryl methyl sites for hydroxylation is 1. The van der Waals surface area contributed by atoms with E-state index >= 15 is 0 Å². The smallest absolute Gasteiger partial charge is 0.282 e. The number of nitrogens with one attached hydrogen (secondary N) is 1. The Morgan fingerprint density at radius 2 is 1.50 bits per heavy atom. The van der Waals surface area contributed by atoms with Crippen molar-refractivity contribution in [3.63, 3.8) is 0 Å². The fourth-order valence-corrected chi connectivity index (χ4v) is 7.52. The fourth-order valence-electron chi connectivity index (χ4n) is 4.38. The summed E-state index contributed by atoms with van der Waals surface area (Å²) in [6.07, 6.45) is 1.89. The van der Waals surface area contributed by atoms with Gasteiger partial charge in [-0.2, -0.15) is 5.10 Å². The average molecular weight is 628 g/mol. The zero-order valence-electron chi connectivity index (χ0n) is 21.3. The number of benzene rings is 4. The molecule has 1 saturated heterocycles. The third kappa shape index (κ3) is 5.08. The third-order valence-corrected chi connectivity index (χ3v) is 9.56. The number of carbonyl (C=O) groups excluding carboxylic acids is 2. The first kappa shape index (κ1) is 26.4. The van der Waals surface area contributed by atoms with Crippen LogP contribution >= 0.6 is 39.5 Å². The van der Waals surface area contributed by atoms with Crippen LogP contribution in [0.25, 0.3) is 6.08 Å². The largest absolute Gasteiger partial charge is 0.320 e. The molecule has 1 fully saturated rings. The predicted molar refractivity (Wildman–Crippen MR) is 170 cm³/mol. The van der Waals surface area contributed by atoms with Crippen LogP contribution < -0.4 is 15.2 Å². The SMILES string of the molecule is Cc1ccc(N2N=C(C(=O)Nc3ccccc3)SC23S/C(=C/c2ccc(Br)cc2)C(=O)N3c2ccccc2)cc1. The van der Waals surface area contributed by atoms with E-state index in [1.165, 1.54) is 23.5 Å². The summed E-state index contributed by atoms with van der Waals surface area (Å²) in [6, 6.07) is 34.5. The van der Waals surface area contributed by atoms with Crippen LogP contribution in [0.4, 0.5) is 17.1 Å². The molecule has 9 heteroatoms. The second-order valence-corrected chi connectivity index (χ2v) is 12.7. The van der Waals surface area contributed by atoms with Gasteiger partial charge in [-0.3, -0.25) is 14.5 Å². The number of thioether (sulfide) groups is 2. The van der Waals surface area contributed by atoms with Gasteiger partial charge in [-0.25, -0.2) is 5.01 Å². The molecular formula is C31H23BrN4O2S2. The van der Waals surface area contributed by atoms with Crippen molar-refractivity contribution >= 4 is 79.4 Å². The summed E-state index contributed by atoms with van der Waals surface area (Å²) in [4.78, 5) is 30.0. The highest BCUT2D eigenvalue weighted by Gasteiger charge is 2.60. The molecule has 6 nitrogen and oxygen atoms in total. The Morgan fingerprint density at radius 3 is 2.17 bits per heavy atom. The van der Waals surface area contributed by atoms with Gasteiger partial charge in [0.25, 0.3) is 11.8 Å². The van der Waals surface area contributed by atoms with Crippen molar-refractivity contribution < 1.29 is 9.59 Å². The minimum Gasteiger partial charge on any atom is -0.320 e.